The summed E-state index contributed by atoms with van der Waals surface area (Å²) in [6.07, 6.45) is 0.872. The summed E-state index contributed by atoms with van der Waals surface area (Å²) in [7, 11) is 0. The molecule has 0 fully saturated rings. The van der Waals surface area contributed by atoms with Crippen molar-refractivity contribution < 1.29 is 14.3 Å². The fourth-order valence-electron chi connectivity index (χ4n) is 1.47. The molecule has 0 spiro atoms. The molecule has 20 heavy (non-hydrogen) atoms. The first-order valence-corrected chi connectivity index (χ1v) is 6.81. The zero-order valence-electron chi connectivity index (χ0n) is 12.4. The lowest BCUT2D eigenvalue weighted by molar-refractivity contribution is -0.136. The molecule has 1 atom stereocenters. The van der Waals surface area contributed by atoms with Crippen molar-refractivity contribution in [1.82, 2.24) is 5.32 Å². The zero-order chi connectivity index (χ0) is 15.1. The number of amides is 2. The van der Waals surface area contributed by atoms with Crippen molar-refractivity contribution in [2.75, 3.05) is 5.32 Å². The highest BCUT2D eigenvalue weighted by atomic mass is 16.5. The second-order valence-electron chi connectivity index (χ2n) is 4.93. The lowest BCUT2D eigenvalue weighted by Gasteiger charge is -2.12. The highest BCUT2D eigenvalue weighted by Crippen LogP contribution is 2.16. The van der Waals surface area contributed by atoms with Gasteiger partial charge in [-0.05, 0) is 51.5 Å². The molecule has 0 aliphatic rings. The Balaban J connectivity index is 2.55. The van der Waals surface area contributed by atoms with Gasteiger partial charge in [0.25, 0.3) is 0 Å². The summed E-state index contributed by atoms with van der Waals surface area (Å²) >= 11 is 0. The van der Waals surface area contributed by atoms with Crippen LogP contribution in [0.1, 0.15) is 34.1 Å². The van der Waals surface area contributed by atoms with Crippen molar-refractivity contribution in [3.63, 3.8) is 0 Å². The Kier molecular flexibility index (Phi) is 6.03. The topological polar surface area (TPSA) is 67.4 Å². The summed E-state index contributed by atoms with van der Waals surface area (Å²) in [5, 5.41) is 5.16. The third kappa shape index (κ3) is 5.30. The maximum Gasteiger partial charge on any atom is 0.313 e. The zero-order valence-corrected chi connectivity index (χ0v) is 12.4. The molecule has 110 valence electrons. The smallest absolute Gasteiger partial charge is 0.313 e. The molecule has 0 heterocycles. The van der Waals surface area contributed by atoms with E-state index in [1.807, 2.05) is 27.7 Å². The number of rotatable bonds is 5. The largest absolute Gasteiger partial charge is 0.491 e. The summed E-state index contributed by atoms with van der Waals surface area (Å²) in [4.78, 5) is 23.3. The average molecular weight is 278 g/mol. The van der Waals surface area contributed by atoms with Crippen molar-refractivity contribution in [3.8, 4) is 5.75 Å². The number of carbonyl (C=O) groups excluding carboxylic acids is 2. The molecular weight excluding hydrogens is 256 g/mol. The molecular formula is C15H22N2O3. The Morgan fingerprint density at radius 3 is 2.20 bits per heavy atom. The summed E-state index contributed by atoms with van der Waals surface area (Å²) < 4.78 is 5.50. The van der Waals surface area contributed by atoms with E-state index in [4.69, 9.17) is 4.74 Å². The van der Waals surface area contributed by atoms with Crippen LogP contribution in [0.4, 0.5) is 5.69 Å². The molecule has 0 radical (unpaired) electrons. The van der Waals surface area contributed by atoms with Crippen LogP contribution in [0, 0.1) is 0 Å². The van der Waals surface area contributed by atoms with E-state index in [1.165, 1.54) is 0 Å². The predicted molar refractivity (Wildman–Crippen MR) is 78.7 cm³/mol. The van der Waals surface area contributed by atoms with Gasteiger partial charge in [0.15, 0.2) is 0 Å². The second-order valence-corrected chi connectivity index (χ2v) is 4.93. The molecule has 0 aromatic heterocycles. The lowest BCUT2D eigenvalue weighted by atomic mass is 10.2. The summed E-state index contributed by atoms with van der Waals surface area (Å²) in [5.41, 5.74) is 0.561. The van der Waals surface area contributed by atoms with Gasteiger partial charge < -0.3 is 15.4 Å². The Labute approximate surface area is 119 Å². The van der Waals surface area contributed by atoms with Crippen LogP contribution in [0.5, 0.6) is 5.75 Å². The maximum absolute atomic E-state index is 11.7. The van der Waals surface area contributed by atoms with Crippen molar-refractivity contribution in [3.05, 3.63) is 24.3 Å². The van der Waals surface area contributed by atoms with Crippen molar-refractivity contribution in [2.24, 2.45) is 0 Å². The van der Waals surface area contributed by atoms with Crippen LogP contribution < -0.4 is 15.4 Å². The first-order valence-electron chi connectivity index (χ1n) is 6.81. The minimum Gasteiger partial charge on any atom is -0.491 e. The Morgan fingerprint density at radius 2 is 1.70 bits per heavy atom. The molecule has 0 bridgehead atoms. The van der Waals surface area contributed by atoms with Gasteiger partial charge in [0.2, 0.25) is 0 Å². The second kappa shape index (κ2) is 7.53. The number of carbonyl (C=O) groups is 2. The van der Waals surface area contributed by atoms with Crippen molar-refractivity contribution >= 4 is 17.5 Å². The Bertz CT molecular complexity index is 455. The van der Waals surface area contributed by atoms with Gasteiger partial charge in [-0.1, -0.05) is 6.92 Å². The molecule has 0 aliphatic heterocycles. The van der Waals surface area contributed by atoms with Crippen molar-refractivity contribution in [1.29, 1.82) is 0 Å². The quantitative estimate of drug-likeness (QED) is 0.812. The van der Waals surface area contributed by atoms with Gasteiger partial charge in [-0.25, -0.2) is 0 Å². The van der Waals surface area contributed by atoms with E-state index in [-0.39, 0.29) is 12.1 Å². The molecule has 1 aromatic carbocycles. The summed E-state index contributed by atoms with van der Waals surface area (Å²) in [6.45, 7) is 7.67. The van der Waals surface area contributed by atoms with E-state index >= 15 is 0 Å². The van der Waals surface area contributed by atoms with Gasteiger partial charge >= 0.3 is 11.8 Å². The molecule has 0 saturated carbocycles. The van der Waals surface area contributed by atoms with Crippen LogP contribution >= 0.6 is 0 Å². The van der Waals surface area contributed by atoms with Crippen LogP contribution in [0.25, 0.3) is 0 Å². The Hall–Kier alpha value is -2.04. The van der Waals surface area contributed by atoms with E-state index in [0.29, 0.717) is 5.69 Å². The van der Waals surface area contributed by atoms with E-state index < -0.39 is 11.8 Å². The third-order valence-corrected chi connectivity index (χ3v) is 2.68. The molecule has 0 unspecified atom stereocenters. The van der Waals surface area contributed by atoms with E-state index in [1.54, 1.807) is 24.3 Å². The van der Waals surface area contributed by atoms with Crippen LogP contribution in [0.15, 0.2) is 24.3 Å². The molecule has 1 aromatic rings. The molecule has 0 saturated heterocycles. The fraction of sp³-hybridized carbons (Fsp3) is 0.467. The van der Waals surface area contributed by atoms with Gasteiger partial charge in [0.05, 0.1) is 6.10 Å². The fourth-order valence-corrected chi connectivity index (χ4v) is 1.47. The number of hydrogen-bond donors (Lipinski definition) is 2. The highest BCUT2D eigenvalue weighted by molar-refractivity contribution is 6.39. The Morgan fingerprint density at radius 1 is 1.10 bits per heavy atom. The first kappa shape index (κ1) is 16.0. The predicted octanol–water partition coefficient (Wildman–Crippen LogP) is 2.33. The number of nitrogens with one attached hydrogen (secondary N) is 2. The van der Waals surface area contributed by atoms with Gasteiger partial charge in [-0.3, -0.25) is 9.59 Å². The number of anilines is 1. The molecule has 5 nitrogen and oxygen atoms in total. The van der Waals surface area contributed by atoms with Crippen LogP contribution in [0.3, 0.4) is 0 Å². The van der Waals surface area contributed by atoms with Gasteiger partial charge in [-0.2, -0.15) is 0 Å². The maximum atomic E-state index is 11.7. The monoisotopic (exact) mass is 278 g/mol. The minimum atomic E-state index is -0.664. The van der Waals surface area contributed by atoms with Gasteiger partial charge in [0.1, 0.15) is 5.75 Å². The average Bonchev–Trinajstić information content (AvgIpc) is 2.40. The minimum absolute atomic E-state index is 0.0185. The lowest BCUT2D eigenvalue weighted by Crippen LogP contribution is -2.40. The first-order chi connectivity index (χ1) is 9.42. The normalized spacial score (nSPS) is 11.8. The third-order valence-electron chi connectivity index (χ3n) is 2.68. The van der Waals surface area contributed by atoms with E-state index in [2.05, 4.69) is 10.6 Å². The SMILES string of the molecule is CC[C@H](C)NC(=O)C(=O)Nc1ccc(OC(C)C)cc1. The summed E-state index contributed by atoms with van der Waals surface area (Å²) in [6, 6.07) is 6.89. The van der Waals surface area contributed by atoms with Crippen LogP contribution in [0.2, 0.25) is 0 Å². The number of ether oxygens (including phenoxy) is 1. The van der Waals surface area contributed by atoms with E-state index in [9.17, 15) is 9.59 Å². The summed E-state index contributed by atoms with van der Waals surface area (Å²) in [5.74, 6) is -0.563. The van der Waals surface area contributed by atoms with Crippen molar-refractivity contribution in [2.45, 2.75) is 46.3 Å². The van der Waals surface area contributed by atoms with E-state index in [0.717, 1.165) is 12.2 Å². The molecule has 1 rings (SSSR count). The van der Waals surface area contributed by atoms with Gasteiger partial charge in [-0.15, -0.1) is 0 Å². The van der Waals surface area contributed by atoms with Crippen LogP contribution in [-0.4, -0.2) is 24.0 Å². The molecule has 5 heteroatoms. The number of hydrogen-bond acceptors (Lipinski definition) is 3. The molecule has 0 aliphatic carbocycles. The van der Waals surface area contributed by atoms with Gasteiger partial charge in [0, 0.05) is 11.7 Å². The molecule has 2 amide bonds. The number of benzene rings is 1. The van der Waals surface area contributed by atoms with Crippen LogP contribution in [-0.2, 0) is 9.59 Å². The molecule has 2 N–H and O–H groups in total. The highest BCUT2D eigenvalue weighted by Gasteiger charge is 2.15. The standard InChI is InChI=1S/C15H22N2O3/c1-5-11(4)16-14(18)15(19)17-12-6-8-13(9-7-12)20-10(2)3/h6-11H,5H2,1-4H3,(H,16,18)(H,17,19)/t11-/m0/s1.